The van der Waals surface area contributed by atoms with E-state index >= 15 is 0 Å². The molecule has 0 aliphatic rings. The summed E-state index contributed by atoms with van der Waals surface area (Å²) in [5.74, 6) is 0. The average Bonchev–Trinajstić information content (AvgIpc) is 3.71. The molecule has 1 aromatic heterocycles. The minimum Gasteiger partial charge on any atom is -0.456 e. The van der Waals surface area contributed by atoms with E-state index in [2.05, 4.69) is 0 Å². The molecule has 0 bridgehead atoms. The van der Waals surface area contributed by atoms with Gasteiger partial charge in [-0.2, -0.15) is 0 Å². The van der Waals surface area contributed by atoms with Gasteiger partial charge in [0.1, 0.15) is 11.2 Å². The normalized spacial score (nSPS) is 16.0. The lowest BCUT2D eigenvalue weighted by Crippen LogP contribution is -1.94. The monoisotopic (exact) mass is 661 g/mol. The van der Waals surface area contributed by atoms with Gasteiger partial charge in [-0.15, -0.1) is 0 Å². The van der Waals surface area contributed by atoms with Gasteiger partial charge in [0.25, 0.3) is 0 Å². The molecule has 11 aromatic rings. The first kappa shape index (κ1) is 17.3. The molecule has 0 N–H and O–H groups in total. The Morgan fingerprint density at radius 2 is 1.00 bits per heavy atom. The van der Waals surface area contributed by atoms with E-state index in [0.717, 1.165) is 21.5 Å². The number of rotatable bonds is 3. The van der Waals surface area contributed by atoms with E-state index in [1.54, 1.807) is 6.07 Å². The van der Waals surface area contributed by atoms with Gasteiger partial charge in [0.15, 0.2) is 0 Å². The van der Waals surface area contributed by atoms with E-state index in [0.29, 0.717) is 38.6 Å². The molecule has 0 aliphatic heterocycles. The van der Waals surface area contributed by atoms with Crippen LogP contribution in [0.2, 0.25) is 0 Å². The molecule has 11 rings (SSSR count). The van der Waals surface area contributed by atoms with Crippen molar-refractivity contribution in [2.45, 2.75) is 0 Å². The number of hydrogen-bond donors (Lipinski definition) is 0. The van der Waals surface area contributed by atoms with Crippen LogP contribution >= 0.6 is 0 Å². The smallest absolute Gasteiger partial charge is 0.136 e. The van der Waals surface area contributed by atoms with Gasteiger partial charge in [-0.25, -0.2) is 0 Å². The summed E-state index contributed by atoms with van der Waals surface area (Å²) in [5.41, 5.74) is 1.86. The van der Waals surface area contributed by atoms with Crippen molar-refractivity contribution in [3.05, 3.63) is 182 Å². The molecule has 0 saturated carbocycles. The third kappa shape index (κ3) is 4.22. The summed E-state index contributed by atoms with van der Waals surface area (Å²) in [4.78, 5) is 0. The Balaban J connectivity index is 1.38. The molecule has 0 saturated heterocycles. The maximum absolute atomic E-state index is 9.65. The zero-order valence-electron chi connectivity index (χ0n) is 41.6. The fraction of sp³-hybridized carbons (Fsp3) is 0. The molecule has 0 aliphatic carbocycles. The highest BCUT2D eigenvalue weighted by atomic mass is 16.3. The predicted octanol–water partition coefficient (Wildman–Crippen LogP) is 14.4. The molecule has 0 atom stereocenters. The largest absolute Gasteiger partial charge is 0.456 e. The number of hydrogen-bond acceptors (Lipinski definition) is 1. The second-order valence-corrected chi connectivity index (χ2v) is 12.4. The van der Waals surface area contributed by atoms with Crippen molar-refractivity contribution in [3.8, 4) is 33.4 Å². The quantitative estimate of drug-likeness (QED) is 0.172. The van der Waals surface area contributed by atoms with Crippen LogP contribution in [0.25, 0.3) is 109 Å². The Morgan fingerprint density at radius 3 is 1.76 bits per heavy atom. The van der Waals surface area contributed by atoms with E-state index in [1.807, 2.05) is 84.9 Å². The number of fused-ring (bicyclic) bond motifs is 9. The summed E-state index contributed by atoms with van der Waals surface area (Å²) in [6, 6.07) is 18.5. The summed E-state index contributed by atoms with van der Waals surface area (Å²) in [6.07, 6.45) is 0. The standard InChI is InChI=1S/C50H30O/c1-2-14-34-29-36(22-21-31(34)11-1)47-40-17-7-9-19-42(40)50(43-20-10-8-18-41(43)47)49-38-16-6-4-12-32(38)23-26-39(49)35-24-27-44-46(30-35)51-45-28-25-33-13-3-5-15-37(33)48(44)45/h1-30H/i1D,2D,7D,8D,9D,10D,11D,14D,17D,18D,19D,20D,21D,22D,29D. The second-order valence-electron chi connectivity index (χ2n) is 12.4. The number of benzene rings is 10. The molecule has 0 spiro atoms. The van der Waals surface area contributed by atoms with Gasteiger partial charge >= 0.3 is 0 Å². The van der Waals surface area contributed by atoms with Crippen molar-refractivity contribution in [1.29, 1.82) is 0 Å². The van der Waals surface area contributed by atoms with Gasteiger partial charge in [-0.05, 0) is 111 Å². The lowest BCUT2D eigenvalue weighted by atomic mass is 9.82. The molecule has 51 heavy (non-hydrogen) atoms. The molecular formula is C50H30O. The van der Waals surface area contributed by atoms with Gasteiger partial charge in [-0.1, -0.05) is 157 Å². The Bertz CT molecular complexity index is 3980. The molecule has 0 amide bonds. The molecule has 1 nitrogen and oxygen atoms in total. The van der Waals surface area contributed by atoms with Gasteiger partial charge in [-0.3, -0.25) is 0 Å². The molecule has 236 valence electrons. The van der Waals surface area contributed by atoms with Crippen LogP contribution in [0, 0.1) is 0 Å². The Morgan fingerprint density at radius 1 is 0.373 bits per heavy atom. The topological polar surface area (TPSA) is 13.1 Å². The van der Waals surface area contributed by atoms with Crippen LogP contribution in [-0.2, 0) is 0 Å². The average molecular weight is 662 g/mol. The molecule has 10 aromatic carbocycles. The Kier molecular flexibility index (Phi) is 3.70. The van der Waals surface area contributed by atoms with Crippen molar-refractivity contribution >= 4 is 75.8 Å². The van der Waals surface area contributed by atoms with E-state index in [9.17, 15) is 8.22 Å². The highest BCUT2D eigenvalue weighted by molar-refractivity contribution is 6.26. The SMILES string of the molecule is [2H]c1c([2H])c([2H])c2c([2H])c(-c3c4c([2H])c([2H])c([2H])c([2H])c4c(-c4c(-c5ccc6c(c5)oc5ccc7ccccc7c56)ccc5ccccc45)c4c([2H])c([2H])c([2H])c([2H])c34)c([2H])c([2H])c2c1[2H]. The molecule has 0 radical (unpaired) electrons. The van der Waals surface area contributed by atoms with Crippen LogP contribution in [0.3, 0.4) is 0 Å². The molecule has 0 fully saturated rings. The minimum absolute atomic E-state index is 0.0251. The van der Waals surface area contributed by atoms with Crippen molar-refractivity contribution in [2.24, 2.45) is 0 Å². The third-order valence-corrected chi connectivity index (χ3v) is 9.73. The van der Waals surface area contributed by atoms with Crippen LogP contribution < -0.4 is 0 Å². The highest BCUT2D eigenvalue weighted by Gasteiger charge is 2.22. The first-order valence-electron chi connectivity index (χ1n) is 23.9. The van der Waals surface area contributed by atoms with Crippen molar-refractivity contribution in [2.75, 3.05) is 0 Å². The maximum Gasteiger partial charge on any atom is 0.136 e. The van der Waals surface area contributed by atoms with E-state index in [-0.39, 0.29) is 32.7 Å². The van der Waals surface area contributed by atoms with E-state index < -0.39 is 107 Å². The zero-order valence-corrected chi connectivity index (χ0v) is 26.6. The lowest BCUT2D eigenvalue weighted by molar-refractivity contribution is 0.669. The molecule has 1 heteroatoms. The van der Waals surface area contributed by atoms with Gasteiger partial charge in [0.2, 0.25) is 0 Å². The summed E-state index contributed by atoms with van der Waals surface area (Å²) in [6.45, 7) is 0. The fourth-order valence-corrected chi connectivity index (χ4v) is 7.53. The van der Waals surface area contributed by atoms with Crippen molar-refractivity contribution in [3.63, 3.8) is 0 Å². The van der Waals surface area contributed by atoms with Crippen LogP contribution in [0.1, 0.15) is 20.6 Å². The summed E-state index contributed by atoms with van der Waals surface area (Å²) < 4.78 is 143. The van der Waals surface area contributed by atoms with Gasteiger partial charge < -0.3 is 4.42 Å². The van der Waals surface area contributed by atoms with Crippen LogP contribution in [0.4, 0.5) is 0 Å². The van der Waals surface area contributed by atoms with Crippen LogP contribution in [0.5, 0.6) is 0 Å². The van der Waals surface area contributed by atoms with Crippen molar-refractivity contribution in [1.82, 2.24) is 0 Å². The minimum atomic E-state index is -0.745. The van der Waals surface area contributed by atoms with Crippen LogP contribution in [-0.4, -0.2) is 0 Å². The number of furan rings is 1. The third-order valence-electron chi connectivity index (χ3n) is 9.73. The first-order chi connectivity index (χ1) is 31.5. The first-order valence-corrected chi connectivity index (χ1v) is 16.4. The molecule has 0 unspecified atom stereocenters. The Labute approximate surface area is 315 Å². The van der Waals surface area contributed by atoms with Gasteiger partial charge in [0.05, 0.1) is 20.6 Å². The van der Waals surface area contributed by atoms with Crippen LogP contribution in [0.15, 0.2) is 186 Å². The van der Waals surface area contributed by atoms with Gasteiger partial charge in [0, 0.05) is 10.8 Å². The molecular weight excluding hydrogens is 617 g/mol. The second kappa shape index (κ2) is 10.9. The fourth-order valence-electron chi connectivity index (χ4n) is 7.53. The summed E-state index contributed by atoms with van der Waals surface area (Å²) in [7, 11) is 0. The maximum atomic E-state index is 9.65. The van der Waals surface area contributed by atoms with E-state index in [4.69, 9.17) is 16.8 Å². The summed E-state index contributed by atoms with van der Waals surface area (Å²) in [5, 5.41) is 3.23. The Hall–Kier alpha value is -6.70. The van der Waals surface area contributed by atoms with E-state index in [1.165, 1.54) is 0 Å². The lowest BCUT2D eigenvalue weighted by Gasteiger charge is -2.21. The predicted molar refractivity (Wildman–Crippen MR) is 218 cm³/mol. The highest BCUT2D eigenvalue weighted by Crippen LogP contribution is 2.49. The summed E-state index contributed by atoms with van der Waals surface area (Å²) >= 11 is 0. The zero-order chi connectivity index (χ0) is 46.5. The van der Waals surface area contributed by atoms with Crippen molar-refractivity contribution < 1.29 is 25.0 Å². The molecule has 1 heterocycles.